The van der Waals surface area contributed by atoms with E-state index in [4.69, 9.17) is 0 Å². The summed E-state index contributed by atoms with van der Waals surface area (Å²) in [4.78, 5) is 23.0. The van der Waals surface area contributed by atoms with Crippen molar-refractivity contribution in [3.8, 4) is 0 Å². The van der Waals surface area contributed by atoms with E-state index in [2.05, 4.69) is 10.6 Å². The van der Waals surface area contributed by atoms with Crippen molar-refractivity contribution in [2.24, 2.45) is 0 Å². The second-order valence-corrected chi connectivity index (χ2v) is 5.10. The van der Waals surface area contributed by atoms with Crippen LogP contribution in [0.25, 0.3) is 0 Å². The molecule has 2 rings (SSSR count). The highest BCUT2D eigenvalue weighted by Gasteiger charge is 2.32. The molecule has 24 heavy (non-hydrogen) atoms. The Hall–Kier alpha value is -2.83. The number of amides is 2. The summed E-state index contributed by atoms with van der Waals surface area (Å²) < 4.78 is 38.7. The lowest BCUT2D eigenvalue weighted by molar-refractivity contribution is -0.138. The molecule has 0 radical (unpaired) electrons. The average molecular weight is 336 g/mol. The molecule has 0 saturated carbocycles. The van der Waals surface area contributed by atoms with Gasteiger partial charge in [0.25, 0.3) is 5.91 Å². The number of nitrogens with one attached hydrogen (secondary N) is 2. The van der Waals surface area contributed by atoms with Crippen molar-refractivity contribution in [1.82, 2.24) is 5.32 Å². The molecule has 0 unspecified atom stereocenters. The minimum absolute atomic E-state index is 0.00628. The van der Waals surface area contributed by atoms with Crippen molar-refractivity contribution in [2.45, 2.75) is 19.6 Å². The molecule has 2 aromatic rings. The summed E-state index contributed by atoms with van der Waals surface area (Å²) in [6.45, 7) is 1.13. The van der Waals surface area contributed by atoms with Crippen LogP contribution in [-0.2, 0) is 17.5 Å². The van der Waals surface area contributed by atoms with Crippen LogP contribution < -0.4 is 10.6 Å². The molecule has 7 heteroatoms. The minimum Gasteiger partial charge on any atom is -0.348 e. The molecule has 0 fully saturated rings. The van der Waals surface area contributed by atoms with Crippen LogP contribution in [0.5, 0.6) is 0 Å². The molecule has 2 aromatic carbocycles. The Morgan fingerprint density at radius 1 is 1.00 bits per heavy atom. The van der Waals surface area contributed by atoms with Crippen molar-refractivity contribution < 1.29 is 22.8 Å². The number of rotatable bonds is 4. The summed E-state index contributed by atoms with van der Waals surface area (Å²) in [5, 5.41) is 5.02. The molecule has 0 aromatic heterocycles. The van der Waals surface area contributed by atoms with Crippen molar-refractivity contribution >= 4 is 17.5 Å². The maximum atomic E-state index is 12.9. The predicted octanol–water partition coefficient (Wildman–Crippen LogP) is 3.59. The van der Waals surface area contributed by atoms with E-state index < -0.39 is 17.6 Å². The zero-order valence-electron chi connectivity index (χ0n) is 12.8. The molecule has 0 aliphatic heterocycles. The van der Waals surface area contributed by atoms with E-state index >= 15 is 0 Å². The SMILES string of the molecule is CC(=O)Nc1ccc(C(=O)NCc2ccccc2C(F)(F)F)cc1. The van der Waals surface area contributed by atoms with Gasteiger partial charge in [-0.1, -0.05) is 18.2 Å². The highest BCUT2D eigenvalue weighted by molar-refractivity contribution is 5.95. The van der Waals surface area contributed by atoms with Gasteiger partial charge in [0.1, 0.15) is 0 Å². The van der Waals surface area contributed by atoms with Gasteiger partial charge in [-0.3, -0.25) is 9.59 Å². The lowest BCUT2D eigenvalue weighted by Gasteiger charge is -2.13. The van der Waals surface area contributed by atoms with Gasteiger partial charge in [-0.15, -0.1) is 0 Å². The topological polar surface area (TPSA) is 58.2 Å². The van der Waals surface area contributed by atoms with E-state index in [9.17, 15) is 22.8 Å². The van der Waals surface area contributed by atoms with Crippen molar-refractivity contribution in [1.29, 1.82) is 0 Å². The molecule has 126 valence electrons. The fraction of sp³-hybridized carbons (Fsp3) is 0.176. The van der Waals surface area contributed by atoms with Gasteiger partial charge in [0.05, 0.1) is 5.56 Å². The summed E-state index contributed by atoms with van der Waals surface area (Å²) in [6, 6.07) is 11.1. The lowest BCUT2D eigenvalue weighted by atomic mass is 10.1. The molecule has 0 heterocycles. The average Bonchev–Trinajstić information content (AvgIpc) is 2.52. The molecule has 0 aliphatic carbocycles. The molecular formula is C17H15F3N2O2. The van der Waals surface area contributed by atoms with E-state index in [0.29, 0.717) is 5.69 Å². The number of alkyl halides is 3. The quantitative estimate of drug-likeness (QED) is 0.896. The number of anilines is 1. The standard InChI is InChI=1S/C17H15F3N2O2/c1-11(23)22-14-8-6-12(7-9-14)16(24)21-10-13-4-2-3-5-15(13)17(18,19)20/h2-9H,10H2,1H3,(H,21,24)(H,22,23). The smallest absolute Gasteiger partial charge is 0.348 e. The van der Waals surface area contributed by atoms with Crippen LogP contribution in [0.1, 0.15) is 28.4 Å². The second kappa shape index (κ2) is 7.16. The van der Waals surface area contributed by atoms with Crippen LogP contribution in [0.15, 0.2) is 48.5 Å². The first-order valence-electron chi connectivity index (χ1n) is 7.08. The van der Waals surface area contributed by atoms with E-state index in [1.165, 1.54) is 37.3 Å². The molecule has 0 atom stereocenters. The van der Waals surface area contributed by atoms with E-state index in [-0.39, 0.29) is 23.6 Å². The monoisotopic (exact) mass is 336 g/mol. The molecular weight excluding hydrogens is 321 g/mol. The van der Waals surface area contributed by atoms with Crippen LogP contribution in [0, 0.1) is 0 Å². The first-order valence-corrected chi connectivity index (χ1v) is 7.08. The fourth-order valence-electron chi connectivity index (χ4n) is 2.14. The van der Waals surface area contributed by atoms with E-state index in [1.807, 2.05) is 0 Å². The summed E-state index contributed by atoms with van der Waals surface area (Å²) in [5.74, 6) is -0.739. The Bertz CT molecular complexity index is 740. The summed E-state index contributed by atoms with van der Waals surface area (Å²) in [6.07, 6.45) is -4.47. The van der Waals surface area contributed by atoms with Gasteiger partial charge in [0, 0.05) is 24.7 Å². The van der Waals surface area contributed by atoms with Gasteiger partial charge in [0.2, 0.25) is 5.91 Å². The third kappa shape index (κ3) is 4.58. The number of hydrogen-bond acceptors (Lipinski definition) is 2. The Balaban J connectivity index is 2.05. The molecule has 0 spiro atoms. The molecule has 0 aliphatic rings. The number of benzene rings is 2. The molecule has 0 bridgehead atoms. The van der Waals surface area contributed by atoms with Crippen LogP contribution in [0.2, 0.25) is 0 Å². The van der Waals surface area contributed by atoms with Gasteiger partial charge < -0.3 is 10.6 Å². The number of halogens is 3. The largest absolute Gasteiger partial charge is 0.416 e. The van der Waals surface area contributed by atoms with Gasteiger partial charge in [-0.2, -0.15) is 13.2 Å². The third-order valence-electron chi connectivity index (χ3n) is 3.23. The zero-order valence-corrected chi connectivity index (χ0v) is 12.8. The normalized spacial score (nSPS) is 11.0. The van der Waals surface area contributed by atoms with Crippen LogP contribution >= 0.6 is 0 Å². The predicted molar refractivity (Wildman–Crippen MR) is 83.4 cm³/mol. The highest BCUT2D eigenvalue weighted by Crippen LogP contribution is 2.31. The van der Waals surface area contributed by atoms with Gasteiger partial charge >= 0.3 is 6.18 Å². The Morgan fingerprint density at radius 3 is 2.21 bits per heavy atom. The Kier molecular flexibility index (Phi) is 5.23. The minimum atomic E-state index is -4.47. The summed E-state index contributed by atoms with van der Waals surface area (Å²) >= 11 is 0. The maximum Gasteiger partial charge on any atom is 0.416 e. The van der Waals surface area contributed by atoms with Gasteiger partial charge in [-0.05, 0) is 35.9 Å². The number of carbonyl (C=O) groups is 2. The molecule has 0 saturated heterocycles. The third-order valence-corrected chi connectivity index (χ3v) is 3.23. The summed E-state index contributed by atoms with van der Waals surface area (Å²) in [5.41, 5.74) is 0.0366. The van der Waals surface area contributed by atoms with Crippen molar-refractivity contribution in [2.75, 3.05) is 5.32 Å². The van der Waals surface area contributed by atoms with Crippen LogP contribution in [-0.4, -0.2) is 11.8 Å². The van der Waals surface area contributed by atoms with Crippen LogP contribution in [0.4, 0.5) is 18.9 Å². The molecule has 2 N–H and O–H groups in total. The van der Waals surface area contributed by atoms with E-state index in [1.54, 1.807) is 12.1 Å². The first kappa shape index (κ1) is 17.5. The zero-order chi connectivity index (χ0) is 17.7. The highest BCUT2D eigenvalue weighted by atomic mass is 19.4. The maximum absolute atomic E-state index is 12.9. The van der Waals surface area contributed by atoms with Crippen molar-refractivity contribution in [3.63, 3.8) is 0 Å². The van der Waals surface area contributed by atoms with Crippen molar-refractivity contribution in [3.05, 3.63) is 65.2 Å². The number of carbonyl (C=O) groups excluding carboxylic acids is 2. The van der Waals surface area contributed by atoms with Crippen LogP contribution in [0.3, 0.4) is 0 Å². The fourth-order valence-corrected chi connectivity index (χ4v) is 2.14. The summed E-state index contributed by atoms with van der Waals surface area (Å²) in [7, 11) is 0. The van der Waals surface area contributed by atoms with Gasteiger partial charge in [-0.25, -0.2) is 0 Å². The number of hydrogen-bond donors (Lipinski definition) is 2. The first-order chi connectivity index (χ1) is 11.3. The molecule has 4 nitrogen and oxygen atoms in total. The molecule has 2 amide bonds. The second-order valence-electron chi connectivity index (χ2n) is 5.10. The van der Waals surface area contributed by atoms with Gasteiger partial charge in [0.15, 0.2) is 0 Å². The lowest BCUT2D eigenvalue weighted by Crippen LogP contribution is -2.24. The van der Waals surface area contributed by atoms with E-state index in [0.717, 1.165) is 6.07 Å². The Morgan fingerprint density at radius 2 is 1.62 bits per heavy atom. The Labute approximate surface area is 136 Å².